The highest BCUT2D eigenvalue weighted by molar-refractivity contribution is 5.85. The molecule has 0 spiro atoms. The third-order valence-corrected chi connectivity index (χ3v) is 4.45. The molecule has 124 valence electrons. The molecule has 1 fully saturated rings. The van der Waals surface area contributed by atoms with Gasteiger partial charge in [-0.15, -0.1) is 0 Å². The number of benzene rings is 1. The van der Waals surface area contributed by atoms with Crippen molar-refractivity contribution in [2.75, 3.05) is 26.7 Å². The number of aromatic amines is 1. The van der Waals surface area contributed by atoms with E-state index in [1.165, 1.54) is 0 Å². The van der Waals surface area contributed by atoms with Gasteiger partial charge in [-0.05, 0) is 37.9 Å². The highest BCUT2D eigenvalue weighted by Crippen LogP contribution is 2.19. The second kappa shape index (κ2) is 6.68. The van der Waals surface area contributed by atoms with E-state index < -0.39 is 5.60 Å². The van der Waals surface area contributed by atoms with Gasteiger partial charge in [-0.1, -0.05) is 12.1 Å². The number of nitrogens with one attached hydrogen (secondary N) is 2. The molecular weight excluding hydrogens is 292 g/mol. The molecule has 2 heterocycles. The van der Waals surface area contributed by atoms with Gasteiger partial charge in [0.05, 0.1) is 11.0 Å². The van der Waals surface area contributed by atoms with E-state index in [1.54, 1.807) is 11.9 Å². The van der Waals surface area contributed by atoms with Crippen LogP contribution in [0.4, 0.5) is 0 Å². The number of β-amino-alcohol motifs (C(OH)–C–C–N with tert-alkyl or cyclic N) is 1. The van der Waals surface area contributed by atoms with Gasteiger partial charge in [-0.2, -0.15) is 0 Å². The molecule has 0 saturated carbocycles. The summed E-state index contributed by atoms with van der Waals surface area (Å²) >= 11 is 0. The van der Waals surface area contributed by atoms with Gasteiger partial charge >= 0.3 is 0 Å². The quantitative estimate of drug-likeness (QED) is 0.771. The van der Waals surface area contributed by atoms with Gasteiger partial charge in [-0.25, -0.2) is 4.98 Å². The van der Waals surface area contributed by atoms with Crippen molar-refractivity contribution in [1.29, 1.82) is 0 Å². The van der Waals surface area contributed by atoms with Crippen molar-refractivity contribution in [2.24, 2.45) is 0 Å². The molecule has 0 bridgehead atoms. The molecule has 6 heteroatoms. The predicted molar refractivity (Wildman–Crippen MR) is 89.1 cm³/mol. The molecule has 2 aromatic rings. The molecule has 1 atom stereocenters. The van der Waals surface area contributed by atoms with Gasteiger partial charge in [0.15, 0.2) is 5.60 Å². The summed E-state index contributed by atoms with van der Waals surface area (Å²) < 4.78 is 0. The number of amides is 1. The smallest absolute Gasteiger partial charge is 0.255 e. The number of aromatic nitrogens is 2. The van der Waals surface area contributed by atoms with Gasteiger partial charge in [0.2, 0.25) is 0 Å². The molecule has 1 saturated heterocycles. The Morgan fingerprint density at radius 2 is 2.26 bits per heavy atom. The highest BCUT2D eigenvalue weighted by Gasteiger charge is 2.38. The van der Waals surface area contributed by atoms with Crippen molar-refractivity contribution in [3.63, 3.8) is 0 Å². The van der Waals surface area contributed by atoms with E-state index in [2.05, 4.69) is 15.3 Å². The lowest BCUT2D eigenvalue weighted by Gasteiger charge is -2.34. The minimum Gasteiger partial charge on any atom is -0.379 e. The summed E-state index contributed by atoms with van der Waals surface area (Å²) in [5.74, 6) is 0.749. The molecular formula is C17H24N4O2. The number of aliphatic hydroxyl groups is 1. The number of imidazole rings is 1. The second-order valence-electron chi connectivity index (χ2n) is 6.34. The third-order valence-electron chi connectivity index (χ3n) is 4.45. The summed E-state index contributed by atoms with van der Waals surface area (Å²) in [5.41, 5.74) is 0.760. The number of rotatable bonds is 5. The fraction of sp³-hybridized carbons (Fsp3) is 0.529. The Balaban J connectivity index is 1.52. The second-order valence-corrected chi connectivity index (χ2v) is 6.34. The van der Waals surface area contributed by atoms with Gasteiger partial charge in [0.25, 0.3) is 5.91 Å². The number of para-hydroxylation sites is 2. The monoisotopic (exact) mass is 316 g/mol. The number of nitrogens with zero attached hydrogens (tertiary/aromatic N) is 2. The number of fused-ring (bicyclic) bond motifs is 1. The van der Waals surface area contributed by atoms with Crippen molar-refractivity contribution >= 4 is 16.9 Å². The number of likely N-dealkylation sites (N-methyl/N-ethyl adjacent to an activating group) is 1. The first-order valence-corrected chi connectivity index (χ1v) is 8.21. The van der Waals surface area contributed by atoms with Gasteiger partial charge in [0, 0.05) is 26.6 Å². The number of carbonyl (C=O) groups is 1. The van der Waals surface area contributed by atoms with E-state index in [-0.39, 0.29) is 5.91 Å². The predicted octanol–water partition coefficient (Wildman–Crippen LogP) is 1.07. The number of aryl methyl sites for hydroxylation is 1. The molecule has 3 N–H and O–H groups in total. The molecule has 1 aliphatic heterocycles. The Morgan fingerprint density at radius 1 is 1.43 bits per heavy atom. The van der Waals surface area contributed by atoms with E-state index in [9.17, 15) is 9.90 Å². The third kappa shape index (κ3) is 3.54. The Morgan fingerprint density at radius 3 is 3.00 bits per heavy atom. The van der Waals surface area contributed by atoms with E-state index in [1.807, 2.05) is 24.3 Å². The summed E-state index contributed by atoms with van der Waals surface area (Å²) in [4.78, 5) is 21.9. The molecule has 0 radical (unpaired) electrons. The zero-order valence-electron chi connectivity index (χ0n) is 13.5. The minimum atomic E-state index is -1.24. The summed E-state index contributed by atoms with van der Waals surface area (Å²) in [5, 5.41) is 13.5. The van der Waals surface area contributed by atoms with Crippen LogP contribution in [0.2, 0.25) is 0 Å². The fourth-order valence-corrected chi connectivity index (χ4v) is 3.14. The lowest BCUT2D eigenvalue weighted by Crippen LogP contribution is -2.56. The summed E-state index contributed by atoms with van der Waals surface area (Å²) in [6.45, 7) is 1.82. The zero-order chi connectivity index (χ0) is 16.3. The normalized spacial score (nSPS) is 21.5. The maximum atomic E-state index is 12.4. The summed E-state index contributed by atoms with van der Waals surface area (Å²) in [6, 6.07) is 7.94. The van der Waals surface area contributed by atoms with Crippen molar-refractivity contribution in [2.45, 2.75) is 31.3 Å². The van der Waals surface area contributed by atoms with Gasteiger partial charge < -0.3 is 20.3 Å². The van der Waals surface area contributed by atoms with E-state index in [0.29, 0.717) is 19.5 Å². The highest BCUT2D eigenvalue weighted by atomic mass is 16.3. The van der Waals surface area contributed by atoms with Gasteiger partial charge in [0.1, 0.15) is 5.82 Å². The van der Waals surface area contributed by atoms with Crippen LogP contribution in [0.1, 0.15) is 25.1 Å². The maximum absolute atomic E-state index is 12.4. The first-order chi connectivity index (χ1) is 11.1. The lowest BCUT2D eigenvalue weighted by molar-refractivity contribution is -0.151. The minimum absolute atomic E-state index is 0.186. The molecule has 0 aliphatic carbocycles. The van der Waals surface area contributed by atoms with Crippen molar-refractivity contribution in [3.8, 4) is 0 Å². The van der Waals surface area contributed by atoms with E-state index in [4.69, 9.17) is 0 Å². The number of H-pyrrole nitrogens is 1. The Labute approximate surface area is 135 Å². The number of carbonyl (C=O) groups excluding carboxylic acids is 1. The Hall–Kier alpha value is -1.92. The average Bonchev–Trinajstić information content (AvgIpc) is 2.97. The van der Waals surface area contributed by atoms with Crippen molar-refractivity contribution in [1.82, 2.24) is 20.2 Å². The standard InChI is InChI=1S/C17H24N4O2/c1-21(16(22)17(23)9-5-10-18-12-17)11-4-8-15-19-13-6-2-3-7-14(13)20-15/h2-3,6-7,18,23H,4-5,8-12H2,1H3,(H,19,20). The van der Waals surface area contributed by atoms with Crippen LogP contribution in [0.25, 0.3) is 11.0 Å². The average molecular weight is 316 g/mol. The maximum Gasteiger partial charge on any atom is 0.255 e. The van der Waals surface area contributed by atoms with Crippen LogP contribution >= 0.6 is 0 Å². The zero-order valence-corrected chi connectivity index (χ0v) is 13.5. The molecule has 1 aromatic heterocycles. The molecule has 23 heavy (non-hydrogen) atoms. The van der Waals surface area contributed by atoms with Crippen LogP contribution in [0.3, 0.4) is 0 Å². The van der Waals surface area contributed by atoms with Crippen molar-refractivity contribution < 1.29 is 9.90 Å². The summed E-state index contributed by atoms with van der Waals surface area (Å²) in [7, 11) is 1.76. The van der Waals surface area contributed by atoms with Crippen LogP contribution in [-0.4, -0.2) is 58.2 Å². The van der Waals surface area contributed by atoms with Crippen LogP contribution in [0.15, 0.2) is 24.3 Å². The number of hydrogen-bond acceptors (Lipinski definition) is 4. The van der Waals surface area contributed by atoms with Crippen LogP contribution in [0, 0.1) is 0 Å². The largest absolute Gasteiger partial charge is 0.379 e. The first kappa shape index (κ1) is 16.0. The molecule has 1 amide bonds. The Bertz CT molecular complexity index is 643. The molecule has 1 aromatic carbocycles. The summed E-state index contributed by atoms with van der Waals surface area (Å²) in [6.07, 6.45) is 2.95. The van der Waals surface area contributed by atoms with Crippen LogP contribution < -0.4 is 5.32 Å². The topological polar surface area (TPSA) is 81.2 Å². The van der Waals surface area contributed by atoms with Gasteiger partial charge in [-0.3, -0.25) is 4.79 Å². The molecule has 3 rings (SSSR count). The number of piperidine rings is 1. The molecule has 6 nitrogen and oxygen atoms in total. The SMILES string of the molecule is CN(CCCc1nc2ccccc2[nH]1)C(=O)C1(O)CCCNC1. The van der Waals surface area contributed by atoms with Crippen LogP contribution in [-0.2, 0) is 11.2 Å². The first-order valence-electron chi connectivity index (χ1n) is 8.21. The van der Waals surface area contributed by atoms with Crippen LogP contribution in [0.5, 0.6) is 0 Å². The molecule has 1 unspecified atom stereocenters. The van der Waals surface area contributed by atoms with E-state index >= 15 is 0 Å². The van der Waals surface area contributed by atoms with E-state index in [0.717, 1.165) is 42.7 Å². The lowest BCUT2D eigenvalue weighted by atomic mass is 9.92. The molecule has 1 aliphatic rings. The number of hydrogen-bond donors (Lipinski definition) is 3. The Kier molecular flexibility index (Phi) is 4.63. The fourth-order valence-electron chi connectivity index (χ4n) is 3.14. The van der Waals surface area contributed by atoms with Crippen molar-refractivity contribution in [3.05, 3.63) is 30.1 Å².